The lowest BCUT2D eigenvalue weighted by molar-refractivity contribution is 0.000773. The molecule has 0 fully saturated rings. The summed E-state index contributed by atoms with van der Waals surface area (Å²) in [6, 6.07) is 0. The third kappa shape index (κ3) is 21.4. The first kappa shape index (κ1) is 23.4. The van der Waals surface area contributed by atoms with Gasteiger partial charge in [0.2, 0.25) is 0 Å². The Morgan fingerprint density at radius 2 is 1.21 bits per heavy atom. The summed E-state index contributed by atoms with van der Waals surface area (Å²) >= 11 is 0. The molecular formula is C20H38O4. The fourth-order valence-electron chi connectivity index (χ4n) is 1.89. The van der Waals surface area contributed by atoms with Gasteiger partial charge >= 0.3 is 0 Å². The van der Waals surface area contributed by atoms with Crippen LogP contribution >= 0.6 is 0 Å². The van der Waals surface area contributed by atoms with E-state index < -0.39 is 0 Å². The minimum Gasteiger partial charge on any atom is -0.379 e. The largest absolute Gasteiger partial charge is 0.379 e. The van der Waals surface area contributed by atoms with Gasteiger partial charge in [-0.2, -0.15) is 0 Å². The molecule has 0 bridgehead atoms. The lowest BCUT2D eigenvalue weighted by atomic mass is 9.90. The second-order valence-corrected chi connectivity index (χ2v) is 7.38. The first-order chi connectivity index (χ1) is 11.4. The normalized spacial score (nSPS) is 11.6. The summed E-state index contributed by atoms with van der Waals surface area (Å²) in [6.07, 6.45) is 3.60. The van der Waals surface area contributed by atoms with E-state index in [1.807, 2.05) is 0 Å². The van der Waals surface area contributed by atoms with Gasteiger partial charge in [0.25, 0.3) is 0 Å². The van der Waals surface area contributed by atoms with E-state index in [1.165, 1.54) is 12.8 Å². The minimum atomic E-state index is 0.398. The zero-order valence-corrected chi connectivity index (χ0v) is 16.5. The van der Waals surface area contributed by atoms with Crippen LogP contribution in [0.15, 0.2) is 0 Å². The Kier molecular flexibility index (Phi) is 15.5. The maximum absolute atomic E-state index is 5.55. The number of hydrogen-bond donors (Lipinski definition) is 0. The molecule has 0 atom stereocenters. The molecule has 0 aliphatic heterocycles. The summed E-state index contributed by atoms with van der Waals surface area (Å²) in [5.41, 5.74) is 0.426. The summed E-state index contributed by atoms with van der Waals surface area (Å²) in [4.78, 5) is 0. The average molecular weight is 343 g/mol. The molecular weight excluding hydrogens is 304 g/mol. The Bertz CT molecular complexity index is 323. The first-order valence-corrected chi connectivity index (χ1v) is 9.21. The molecule has 0 heterocycles. The van der Waals surface area contributed by atoms with E-state index >= 15 is 0 Å². The zero-order chi connectivity index (χ0) is 18.1. The molecule has 0 unspecified atom stereocenters. The number of hydrogen-bond acceptors (Lipinski definition) is 4. The van der Waals surface area contributed by atoms with Gasteiger partial charge in [-0.15, -0.1) is 0 Å². The maximum Gasteiger partial charge on any atom is 0.107 e. The molecule has 142 valence electrons. The van der Waals surface area contributed by atoms with Gasteiger partial charge in [-0.1, -0.05) is 52.9 Å². The summed E-state index contributed by atoms with van der Waals surface area (Å²) in [7, 11) is 0. The van der Waals surface area contributed by atoms with Crippen LogP contribution in [0.3, 0.4) is 0 Å². The minimum absolute atomic E-state index is 0.398. The highest BCUT2D eigenvalue weighted by Gasteiger charge is 2.08. The van der Waals surface area contributed by atoms with E-state index in [0.717, 1.165) is 13.0 Å². The Balaban J connectivity index is 3.09. The molecule has 0 rings (SSSR count). The number of rotatable bonds is 14. The van der Waals surface area contributed by atoms with E-state index in [4.69, 9.17) is 18.9 Å². The molecule has 0 aromatic carbocycles. The second kappa shape index (κ2) is 15.9. The van der Waals surface area contributed by atoms with Crippen LogP contribution in [0.25, 0.3) is 0 Å². The van der Waals surface area contributed by atoms with E-state index in [9.17, 15) is 0 Å². The molecule has 0 amide bonds. The van der Waals surface area contributed by atoms with Crippen LogP contribution in [0.4, 0.5) is 0 Å². The fraction of sp³-hybridized carbons (Fsp3) is 0.900. The second-order valence-electron chi connectivity index (χ2n) is 7.38. The third-order valence-corrected chi connectivity index (χ3v) is 3.15. The Morgan fingerprint density at radius 1 is 0.708 bits per heavy atom. The van der Waals surface area contributed by atoms with Crippen molar-refractivity contribution in [1.82, 2.24) is 0 Å². The predicted octanol–water partition coefficient (Wildman–Crippen LogP) is 3.93. The molecule has 0 saturated heterocycles. The Labute approximate surface area is 149 Å². The lowest BCUT2D eigenvalue weighted by Gasteiger charge is -2.17. The average Bonchev–Trinajstić information content (AvgIpc) is 2.49. The third-order valence-electron chi connectivity index (χ3n) is 3.15. The molecule has 24 heavy (non-hydrogen) atoms. The smallest absolute Gasteiger partial charge is 0.107 e. The SMILES string of the molecule is CC(C)C#CCOCCOCCOCCOCCCCC(C)(C)C. The number of ether oxygens (including phenoxy) is 4. The zero-order valence-electron chi connectivity index (χ0n) is 16.5. The molecule has 0 aliphatic rings. The van der Waals surface area contributed by atoms with Gasteiger partial charge in [0.1, 0.15) is 6.61 Å². The van der Waals surface area contributed by atoms with Gasteiger partial charge in [-0.25, -0.2) is 0 Å². The van der Waals surface area contributed by atoms with Crippen LogP contribution < -0.4 is 0 Å². The molecule has 0 saturated carbocycles. The quantitative estimate of drug-likeness (QED) is 0.354. The summed E-state index contributed by atoms with van der Waals surface area (Å²) in [5, 5.41) is 0. The van der Waals surface area contributed by atoms with Crippen molar-refractivity contribution in [2.24, 2.45) is 11.3 Å². The molecule has 0 spiro atoms. The standard InChI is InChI=1S/C20H38O4/c1-19(2)9-8-12-22-14-16-24-18-17-23-15-13-21-11-7-6-10-20(3,4)5/h19H,6-7,10-18H2,1-5H3. The van der Waals surface area contributed by atoms with E-state index in [2.05, 4.69) is 46.5 Å². The highest BCUT2D eigenvalue weighted by molar-refractivity contribution is 5.01. The Morgan fingerprint density at radius 3 is 1.71 bits per heavy atom. The summed E-state index contributed by atoms with van der Waals surface area (Å²) < 4.78 is 21.8. The van der Waals surface area contributed by atoms with Crippen molar-refractivity contribution in [3.05, 3.63) is 0 Å². The number of unbranched alkanes of at least 4 members (excludes halogenated alkanes) is 1. The van der Waals surface area contributed by atoms with Gasteiger partial charge < -0.3 is 18.9 Å². The highest BCUT2D eigenvalue weighted by atomic mass is 16.6. The van der Waals surface area contributed by atoms with Crippen LogP contribution in [-0.2, 0) is 18.9 Å². The van der Waals surface area contributed by atoms with Gasteiger partial charge in [0, 0.05) is 12.5 Å². The van der Waals surface area contributed by atoms with Gasteiger partial charge in [0.05, 0.1) is 39.6 Å². The van der Waals surface area contributed by atoms with Crippen LogP contribution in [0.5, 0.6) is 0 Å². The van der Waals surface area contributed by atoms with Crippen LogP contribution in [-0.4, -0.2) is 52.9 Å². The summed E-state index contributed by atoms with van der Waals surface area (Å²) in [5.74, 6) is 6.42. The molecule has 0 radical (unpaired) electrons. The molecule has 4 heteroatoms. The molecule has 4 nitrogen and oxygen atoms in total. The predicted molar refractivity (Wildman–Crippen MR) is 99.2 cm³/mol. The van der Waals surface area contributed by atoms with Gasteiger partial charge in [0.15, 0.2) is 0 Å². The monoisotopic (exact) mass is 342 g/mol. The van der Waals surface area contributed by atoms with Gasteiger partial charge in [-0.3, -0.25) is 0 Å². The van der Waals surface area contributed by atoms with Gasteiger partial charge in [-0.05, 0) is 18.3 Å². The van der Waals surface area contributed by atoms with Crippen LogP contribution in [0.1, 0.15) is 53.9 Å². The summed E-state index contributed by atoms with van der Waals surface area (Å²) in [6.45, 7) is 15.9. The lowest BCUT2D eigenvalue weighted by Crippen LogP contribution is -2.12. The van der Waals surface area contributed by atoms with E-state index in [-0.39, 0.29) is 0 Å². The maximum atomic E-state index is 5.55. The van der Waals surface area contributed by atoms with Crippen LogP contribution in [0, 0.1) is 23.2 Å². The van der Waals surface area contributed by atoms with E-state index in [0.29, 0.717) is 57.6 Å². The molecule has 0 aromatic rings. The molecule has 0 aromatic heterocycles. The van der Waals surface area contributed by atoms with Crippen molar-refractivity contribution in [1.29, 1.82) is 0 Å². The van der Waals surface area contributed by atoms with Crippen LogP contribution in [0.2, 0.25) is 0 Å². The first-order valence-electron chi connectivity index (χ1n) is 9.21. The molecule has 0 N–H and O–H groups in total. The van der Waals surface area contributed by atoms with E-state index in [1.54, 1.807) is 0 Å². The molecule has 0 aliphatic carbocycles. The van der Waals surface area contributed by atoms with Crippen molar-refractivity contribution in [3.63, 3.8) is 0 Å². The van der Waals surface area contributed by atoms with Crippen molar-refractivity contribution in [2.75, 3.05) is 52.9 Å². The highest BCUT2D eigenvalue weighted by Crippen LogP contribution is 2.21. The topological polar surface area (TPSA) is 36.9 Å². The van der Waals surface area contributed by atoms with Crippen molar-refractivity contribution >= 4 is 0 Å². The Hall–Kier alpha value is -0.600. The van der Waals surface area contributed by atoms with Crippen molar-refractivity contribution in [3.8, 4) is 11.8 Å². The fourth-order valence-corrected chi connectivity index (χ4v) is 1.89. The van der Waals surface area contributed by atoms with Crippen molar-refractivity contribution in [2.45, 2.75) is 53.9 Å². The van der Waals surface area contributed by atoms with Crippen molar-refractivity contribution < 1.29 is 18.9 Å².